The Morgan fingerprint density at radius 2 is 1.97 bits per heavy atom. The number of carbonyl (C=O) groups is 1. The molecule has 2 unspecified atom stereocenters. The Kier molecular flexibility index (Phi) is 5.32. The van der Waals surface area contributed by atoms with E-state index in [4.69, 9.17) is 0 Å². The molecular weight excluding hydrogens is 360 g/mol. The van der Waals surface area contributed by atoms with Crippen LogP contribution < -0.4 is 0 Å². The summed E-state index contributed by atoms with van der Waals surface area (Å²) in [5.74, 6) is 1.08. The smallest absolute Gasteiger partial charge is 0.270 e. The van der Waals surface area contributed by atoms with Crippen LogP contribution in [0.4, 0.5) is 0 Å². The highest BCUT2D eigenvalue weighted by atomic mass is 16.2. The first-order valence-electron chi connectivity index (χ1n) is 10.0. The zero-order valence-corrected chi connectivity index (χ0v) is 17.0. The molecule has 0 fully saturated rings. The van der Waals surface area contributed by atoms with Crippen LogP contribution in [0.2, 0.25) is 0 Å². The summed E-state index contributed by atoms with van der Waals surface area (Å²) in [4.78, 5) is 19.3. The third-order valence-corrected chi connectivity index (χ3v) is 5.83. The van der Waals surface area contributed by atoms with Crippen LogP contribution in [0.5, 0.6) is 0 Å². The number of amides is 1. The molecule has 0 bridgehead atoms. The second-order valence-corrected chi connectivity index (χ2v) is 7.68. The molecule has 0 saturated heterocycles. The number of aryl methyl sites for hydroxylation is 1. The molecule has 5 heteroatoms. The minimum absolute atomic E-state index is 0.0518. The first kappa shape index (κ1) is 19.2. The van der Waals surface area contributed by atoms with Gasteiger partial charge in [0.2, 0.25) is 5.84 Å². The van der Waals surface area contributed by atoms with Crippen molar-refractivity contribution in [3.05, 3.63) is 96.7 Å². The summed E-state index contributed by atoms with van der Waals surface area (Å²) >= 11 is 0. The predicted octanol–water partition coefficient (Wildman–Crippen LogP) is 3.88. The van der Waals surface area contributed by atoms with E-state index in [9.17, 15) is 4.79 Å². The van der Waals surface area contributed by atoms with Crippen molar-refractivity contribution in [1.29, 1.82) is 0 Å². The summed E-state index contributed by atoms with van der Waals surface area (Å²) in [5, 5.41) is 0. The van der Waals surface area contributed by atoms with E-state index in [2.05, 4.69) is 53.8 Å². The van der Waals surface area contributed by atoms with Gasteiger partial charge in [0, 0.05) is 45.8 Å². The molecule has 148 valence electrons. The number of rotatable bonds is 7. The Balaban J connectivity index is 1.55. The lowest BCUT2D eigenvalue weighted by Gasteiger charge is -2.37. The number of carbonyl (C=O) groups excluding carboxylic acids is 1. The van der Waals surface area contributed by atoms with Crippen LogP contribution in [0.25, 0.3) is 0 Å². The Morgan fingerprint density at radius 1 is 1.14 bits per heavy atom. The first-order valence-corrected chi connectivity index (χ1v) is 10.0. The fraction of sp³-hybridized carbons (Fsp3) is 0.250. The lowest BCUT2D eigenvalue weighted by atomic mass is 9.98. The number of quaternary nitrogens is 1. The SMILES string of the molecule is CN(CCC(Cc1ccccc1)[N+]12C=CC=CC1=NC=C2)C(=O)c1cccn1C. The molecule has 0 aliphatic carbocycles. The summed E-state index contributed by atoms with van der Waals surface area (Å²) in [6, 6.07) is 14.6. The van der Waals surface area contributed by atoms with Crippen molar-refractivity contribution in [3.63, 3.8) is 0 Å². The molecular formula is C24H27N4O+. The van der Waals surface area contributed by atoms with Crippen molar-refractivity contribution in [3.8, 4) is 0 Å². The molecule has 0 N–H and O–H groups in total. The van der Waals surface area contributed by atoms with Gasteiger partial charge in [0.15, 0.2) is 0 Å². The Hall–Kier alpha value is -3.18. The van der Waals surface area contributed by atoms with Gasteiger partial charge in [0.1, 0.15) is 24.1 Å². The Morgan fingerprint density at radius 3 is 2.72 bits per heavy atom. The highest BCUT2D eigenvalue weighted by molar-refractivity contribution is 5.92. The standard InChI is InChI=1S/C24H27N4O/c1-26-15-8-11-22(26)24(29)27(2)16-13-21(19-20-9-4-3-5-10-20)28-17-7-6-12-23(28)25-14-18-28/h3-12,14-15,17-18,21H,13,16,19H2,1-2H3/q+1. The van der Waals surface area contributed by atoms with E-state index >= 15 is 0 Å². The molecule has 2 aliphatic heterocycles. The molecule has 1 amide bonds. The van der Waals surface area contributed by atoms with Crippen LogP contribution in [0.1, 0.15) is 22.5 Å². The molecule has 1 aromatic heterocycles. The molecule has 3 heterocycles. The summed E-state index contributed by atoms with van der Waals surface area (Å²) < 4.78 is 2.48. The van der Waals surface area contributed by atoms with E-state index in [0.29, 0.717) is 16.7 Å². The van der Waals surface area contributed by atoms with Crippen LogP contribution in [-0.4, -0.2) is 45.3 Å². The minimum Gasteiger partial charge on any atom is -0.347 e. The van der Waals surface area contributed by atoms with E-state index in [-0.39, 0.29) is 11.9 Å². The van der Waals surface area contributed by atoms with Crippen LogP contribution >= 0.6 is 0 Å². The molecule has 0 saturated carbocycles. The molecule has 29 heavy (non-hydrogen) atoms. The lowest BCUT2D eigenvalue weighted by Crippen LogP contribution is -2.52. The average molecular weight is 388 g/mol. The molecule has 2 aliphatic rings. The maximum absolute atomic E-state index is 12.8. The Bertz CT molecular complexity index is 999. The van der Waals surface area contributed by atoms with Crippen molar-refractivity contribution in [2.45, 2.75) is 18.9 Å². The van der Waals surface area contributed by atoms with Gasteiger partial charge < -0.3 is 9.47 Å². The number of allylic oxidation sites excluding steroid dienone is 2. The molecule has 1 aromatic carbocycles. The van der Waals surface area contributed by atoms with Gasteiger partial charge in [0.25, 0.3) is 5.91 Å². The summed E-state index contributed by atoms with van der Waals surface area (Å²) in [6.45, 7) is 0.681. The minimum atomic E-state index is 0.0518. The molecule has 2 atom stereocenters. The van der Waals surface area contributed by atoms with Gasteiger partial charge in [-0.1, -0.05) is 30.3 Å². The highest BCUT2D eigenvalue weighted by Gasteiger charge is 2.41. The summed E-state index contributed by atoms with van der Waals surface area (Å²) in [5.41, 5.74) is 2.01. The number of amidine groups is 1. The number of fused-ring (bicyclic) bond motifs is 1. The van der Waals surface area contributed by atoms with E-state index in [1.54, 1.807) is 0 Å². The third kappa shape index (κ3) is 3.74. The van der Waals surface area contributed by atoms with Crippen molar-refractivity contribution >= 4 is 11.7 Å². The van der Waals surface area contributed by atoms with Crippen molar-refractivity contribution in [2.24, 2.45) is 12.0 Å². The molecule has 5 nitrogen and oxygen atoms in total. The number of aromatic nitrogens is 1. The molecule has 2 aromatic rings. The van der Waals surface area contributed by atoms with Gasteiger partial charge in [-0.3, -0.25) is 4.79 Å². The van der Waals surface area contributed by atoms with Crippen molar-refractivity contribution in [1.82, 2.24) is 9.47 Å². The number of nitrogens with zero attached hydrogens (tertiary/aromatic N) is 4. The van der Waals surface area contributed by atoms with Gasteiger partial charge >= 0.3 is 0 Å². The maximum atomic E-state index is 12.8. The van der Waals surface area contributed by atoms with Gasteiger partial charge in [-0.25, -0.2) is 4.48 Å². The van der Waals surface area contributed by atoms with Crippen molar-refractivity contribution < 1.29 is 9.28 Å². The van der Waals surface area contributed by atoms with E-state index < -0.39 is 0 Å². The van der Waals surface area contributed by atoms with Gasteiger partial charge in [0.05, 0.1) is 6.20 Å². The number of hydrogen-bond acceptors (Lipinski definition) is 2. The first-order chi connectivity index (χ1) is 14.1. The number of benzene rings is 1. The van der Waals surface area contributed by atoms with Gasteiger partial charge in [-0.15, -0.1) is 0 Å². The van der Waals surface area contributed by atoms with Crippen LogP contribution in [0.3, 0.4) is 0 Å². The fourth-order valence-corrected chi connectivity index (χ4v) is 4.13. The van der Waals surface area contributed by atoms with Crippen LogP contribution in [0.15, 0.2) is 90.5 Å². The van der Waals surface area contributed by atoms with E-state index in [1.165, 1.54) is 5.56 Å². The van der Waals surface area contributed by atoms with Crippen LogP contribution in [0, 0.1) is 0 Å². The second-order valence-electron chi connectivity index (χ2n) is 7.68. The van der Waals surface area contributed by atoms with Crippen LogP contribution in [-0.2, 0) is 13.5 Å². The molecule has 4 rings (SSSR count). The summed E-state index contributed by atoms with van der Waals surface area (Å²) in [6.07, 6.45) is 16.1. The molecule has 0 spiro atoms. The normalized spacial score (nSPS) is 20.4. The average Bonchev–Trinajstić information content (AvgIpc) is 3.37. The number of aliphatic imine (C=N–C) groups is 1. The number of hydrogen-bond donors (Lipinski definition) is 0. The lowest BCUT2D eigenvalue weighted by molar-refractivity contribution is -0.760. The predicted molar refractivity (Wildman–Crippen MR) is 116 cm³/mol. The maximum Gasteiger partial charge on any atom is 0.270 e. The van der Waals surface area contributed by atoms with Gasteiger partial charge in [-0.05, 0) is 29.8 Å². The van der Waals surface area contributed by atoms with Gasteiger partial charge in [-0.2, -0.15) is 4.99 Å². The monoisotopic (exact) mass is 387 g/mol. The zero-order chi connectivity index (χ0) is 20.3. The quantitative estimate of drug-likeness (QED) is 0.665. The van der Waals surface area contributed by atoms with Crippen molar-refractivity contribution in [2.75, 3.05) is 13.6 Å². The van der Waals surface area contributed by atoms with E-state index in [0.717, 1.165) is 18.7 Å². The topological polar surface area (TPSA) is 37.6 Å². The second kappa shape index (κ2) is 8.05. The third-order valence-electron chi connectivity index (χ3n) is 5.83. The fourth-order valence-electron chi connectivity index (χ4n) is 4.13. The molecule has 0 radical (unpaired) electrons. The summed E-state index contributed by atoms with van der Waals surface area (Å²) in [7, 11) is 3.79. The highest BCUT2D eigenvalue weighted by Crippen LogP contribution is 2.30. The zero-order valence-electron chi connectivity index (χ0n) is 17.0. The largest absolute Gasteiger partial charge is 0.347 e. The Labute approximate surface area is 172 Å². The van der Waals surface area contributed by atoms with E-state index in [1.807, 2.05) is 60.2 Å².